The van der Waals surface area contributed by atoms with Gasteiger partial charge in [0.15, 0.2) is 21.5 Å². The van der Waals surface area contributed by atoms with Gasteiger partial charge in [-0.25, -0.2) is 21.9 Å². The number of halogens is 2. The first-order chi connectivity index (χ1) is 14.8. The number of hydrogen-bond donors (Lipinski definition) is 1. The number of anilines is 1. The monoisotopic (exact) mass is 473 g/mol. The van der Waals surface area contributed by atoms with E-state index < -0.39 is 27.0 Å². The van der Waals surface area contributed by atoms with E-state index >= 15 is 0 Å². The first-order valence-electron chi connectivity index (χ1n) is 9.63. The molecule has 4 heterocycles. The Kier molecular flexibility index (Phi) is 4.91. The van der Waals surface area contributed by atoms with Gasteiger partial charge in [0.1, 0.15) is 4.90 Å². The molecule has 10 nitrogen and oxygen atoms in total. The second-order valence-electron chi connectivity index (χ2n) is 7.79. The molecule has 1 aliphatic heterocycles. The lowest BCUT2D eigenvalue weighted by Gasteiger charge is -2.29. The molecular formula is C17H21F2N7O3S2. The third-order valence-electron chi connectivity index (χ3n) is 5.32. The van der Waals surface area contributed by atoms with Gasteiger partial charge in [-0.3, -0.25) is 4.40 Å². The number of aromatic nitrogens is 5. The highest BCUT2D eigenvalue weighted by Crippen LogP contribution is 2.37. The SMILES string of the molecule is CC1(NS(=O)(=O)c2cc(N3CCOCC3)c3nnc(-c4nnc(C(F)F)s4)n3c2)CC1.[HH]. The van der Waals surface area contributed by atoms with E-state index in [0.717, 1.165) is 12.8 Å². The number of sulfonamides is 1. The highest BCUT2D eigenvalue weighted by atomic mass is 32.2. The highest BCUT2D eigenvalue weighted by molar-refractivity contribution is 7.89. The smallest absolute Gasteiger partial charge is 0.291 e. The molecule has 2 fully saturated rings. The van der Waals surface area contributed by atoms with E-state index in [1.165, 1.54) is 10.6 Å². The molecule has 3 aromatic heterocycles. The zero-order chi connectivity index (χ0) is 21.8. The van der Waals surface area contributed by atoms with Crippen LogP contribution in [-0.4, -0.2) is 65.1 Å². The van der Waals surface area contributed by atoms with Crippen molar-refractivity contribution >= 4 is 32.7 Å². The van der Waals surface area contributed by atoms with Gasteiger partial charge in [-0.15, -0.1) is 20.4 Å². The van der Waals surface area contributed by atoms with Crippen LogP contribution in [0, 0.1) is 0 Å². The van der Waals surface area contributed by atoms with Crippen LogP contribution >= 0.6 is 11.3 Å². The maximum absolute atomic E-state index is 13.1. The third-order valence-corrected chi connectivity index (χ3v) is 7.85. The topological polar surface area (TPSA) is 115 Å². The summed E-state index contributed by atoms with van der Waals surface area (Å²) in [7, 11) is -3.83. The lowest BCUT2D eigenvalue weighted by Crippen LogP contribution is -2.37. The zero-order valence-electron chi connectivity index (χ0n) is 16.5. The van der Waals surface area contributed by atoms with Crippen molar-refractivity contribution in [3.63, 3.8) is 0 Å². The van der Waals surface area contributed by atoms with E-state index in [1.54, 1.807) is 6.07 Å². The summed E-state index contributed by atoms with van der Waals surface area (Å²) in [4.78, 5) is 2.01. The summed E-state index contributed by atoms with van der Waals surface area (Å²) >= 11 is 0.694. The summed E-state index contributed by atoms with van der Waals surface area (Å²) in [6, 6.07) is 1.57. The molecule has 0 aromatic carbocycles. The maximum Gasteiger partial charge on any atom is 0.291 e. The molecule has 2 aliphatic rings. The number of hydrogen-bond acceptors (Lipinski definition) is 9. The highest BCUT2D eigenvalue weighted by Gasteiger charge is 2.41. The minimum absolute atomic E-state index is 0. The van der Waals surface area contributed by atoms with Crippen molar-refractivity contribution in [2.45, 2.75) is 36.6 Å². The molecule has 0 unspecified atom stereocenters. The number of fused-ring (bicyclic) bond motifs is 1. The number of alkyl halides is 2. The molecule has 1 aliphatic carbocycles. The molecule has 1 saturated heterocycles. The van der Waals surface area contributed by atoms with Gasteiger partial charge in [0.2, 0.25) is 10.0 Å². The van der Waals surface area contributed by atoms with E-state index in [4.69, 9.17) is 4.74 Å². The van der Waals surface area contributed by atoms with Gasteiger partial charge in [-0.1, -0.05) is 11.3 Å². The second kappa shape index (κ2) is 7.39. The predicted octanol–water partition coefficient (Wildman–Crippen LogP) is 2.10. The normalized spacial score (nSPS) is 18.8. The fraction of sp³-hybridized carbons (Fsp3) is 0.529. The Morgan fingerprint density at radius 1 is 1.23 bits per heavy atom. The summed E-state index contributed by atoms with van der Waals surface area (Å²) in [5.41, 5.74) is 0.528. The van der Waals surface area contributed by atoms with E-state index in [1.807, 2.05) is 11.8 Å². The average Bonchev–Trinajstić information content (AvgIpc) is 3.13. The van der Waals surface area contributed by atoms with Gasteiger partial charge in [-0.2, -0.15) is 0 Å². The summed E-state index contributed by atoms with van der Waals surface area (Å²) in [5, 5.41) is 15.3. The molecular weight excluding hydrogens is 452 g/mol. The van der Waals surface area contributed by atoms with Crippen molar-refractivity contribution in [3.8, 4) is 10.8 Å². The van der Waals surface area contributed by atoms with Crippen molar-refractivity contribution in [1.29, 1.82) is 0 Å². The lowest BCUT2D eigenvalue weighted by molar-refractivity contribution is 0.123. The summed E-state index contributed by atoms with van der Waals surface area (Å²) in [6.45, 7) is 3.95. The molecule has 168 valence electrons. The Morgan fingerprint density at radius 2 is 1.97 bits per heavy atom. The van der Waals surface area contributed by atoms with Gasteiger partial charge >= 0.3 is 0 Å². The number of morpholine rings is 1. The van der Waals surface area contributed by atoms with Crippen LogP contribution in [0.4, 0.5) is 14.5 Å². The van der Waals surface area contributed by atoms with Crippen molar-refractivity contribution in [3.05, 3.63) is 17.3 Å². The van der Waals surface area contributed by atoms with Crippen LogP contribution in [0.1, 0.15) is 32.6 Å². The van der Waals surface area contributed by atoms with E-state index in [-0.39, 0.29) is 17.2 Å². The number of pyridine rings is 1. The summed E-state index contributed by atoms with van der Waals surface area (Å²) in [6.07, 6.45) is 0.175. The molecule has 5 rings (SSSR count). The van der Waals surface area contributed by atoms with Crippen LogP contribution in [0.2, 0.25) is 0 Å². The van der Waals surface area contributed by atoms with Gasteiger partial charge in [0, 0.05) is 26.3 Å². The molecule has 0 radical (unpaired) electrons. The van der Waals surface area contributed by atoms with Gasteiger partial charge in [0.05, 0.1) is 18.9 Å². The first-order valence-corrected chi connectivity index (χ1v) is 11.9. The Morgan fingerprint density at radius 3 is 2.61 bits per heavy atom. The first kappa shape index (κ1) is 20.6. The quantitative estimate of drug-likeness (QED) is 0.579. The van der Waals surface area contributed by atoms with E-state index in [9.17, 15) is 17.2 Å². The fourth-order valence-electron chi connectivity index (χ4n) is 3.37. The number of nitrogens with zero attached hydrogens (tertiary/aromatic N) is 6. The standard InChI is InChI=1S/C17H19F2N7O3S2.H2/c1-17(2-3-17)24-31(27,28)10-8-11(25-4-6-29-7-5-25)13-20-21-14(26(13)9-10)16-23-22-15(30-16)12(18)19;/h8-9,12,24H,2-7H2,1H3;1H. The largest absolute Gasteiger partial charge is 0.378 e. The van der Waals surface area contributed by atoms with Crippen LogP contribution < -0.4 is 9.62 Å². The summed E-state index contributed by atoms with van der Waals surface area (Å²) < 4.78 is 61.8. The third kappa shape index (κ3) is 3.88. The van der Waals surface area contributed by atoms with Crippen molar-refractivity contribution in [2.75, 3.05) is 31.2 Å². The minimum Gasteiger partial charge on any atom is -0.378 e. The van der Waals surface area contributed by atoms with Crippen LogP contribution in [0.5, 0.6) is 0 Å². The second-order valence-corrected chi connectivity index (χ2v) is 10.5. The lowest BCUT2D eigenvalue weighted by atomic mass is 10.3. The maximum atomic E-state index is 13.1. The molecule has 1 N–H and O–H groups in total. The van der Waals surface area contributed by atoms with Gasteiger partial charge < -0.3 is 9.64 Å². The number of ether oxygens (including phenoxy) is 1. The number of nitrogens with one attached hydrogen (secondary N) is 1. The predicted molar refractivity (Wildman–Crippen MR) is 110 cm³/mol. The van der Waals surface area contributed by atoms with Crippen LogP contribution in [0.15, 0.2) is 17.2 Å². The Balaban J connectivity index is 0.00000245. The summed E-state index contributed by atoms with van der Waals surface area (Å²) in [5.74, 6) is 0.156. The Bertz CT molecular complexity index is 1240. The van der Waals surface area contributed by atoms with Gasteiger partial charge in [-0.05, 0) is 25.8 Å². The van der Waals surface area contributed by atoms with Crippen LogP contribution in [-0.2, 0) is 14.8 Å². The Hall–Kier alpha value is -2.29. The molecule has 0 atom stereocenters. The minimum atomic E-state index is -3.83. The Labute approximate surface area is 181 Å². The molecule has 0 bridgehead atoms. The molecule has 31 heavy (non-hydrogen) atoms. The zero-order valence-corrected chi connectivity index (χ0v) is 18.1. The molecule has 14 heteroatoms. The van der Waals surface area contributed by atoms with Gasteiger partial charge in [0.25, 0.3) is 6.43 Å². The molecule has 0 amide bonds. The van der Waals surface area contributed by atoms with Crippen molar-refractivity contribution in [1.82, 2.24) is 29.5 Å². The van der Waals surface area contributed by atoms with Crippen LogP contribution in [0.25, 0.3) is 16.5 Å². The fourth-order valence-corrected chi connectivity index (χ4v) is 5.53. The van der Waals surface area contributed by atoms with Crippen molar-refractivity contribution < 1.29 is 23.4 Å². The molecule has 0 spiro atoms. The number of rotatable bonds is 6. The molecule has 3 aromatic rings. The molecule has 1 saturated carbocycles. The average molecular weight is 474 g/mol. The van der Waals surface area contributed by atoms with Crippen LogP contribution in [0.3, 0.4) is 0 Å². The van der Waals surface area contributed by atoms with E-state index in [0.29, 0.717) is 49.0 Å². The van der Waals surface area contributed by atoms with E-state index in [2.05, 4.69) is 25.1 Å². The van der Waals surface area contributed by atoms with Crippen molar-refractivity contribution in [2.24, 2.45) is 0 Å².